The van der Waals surface area contributed by atoms with Crippen LogP contribution in [-0.2, 0) is 29.1 Å². The molecule has 0 radical (unpaired) electrons. The molecule has 10 heteroatoms. The van der Waals surface area contributed by atoms with Gasteiger partial charge in [0.25, 0.3) is 0 Å². The molecule has 2 N–H and O–H groups in total. The fourth-order valence-electron chi connectivity index (χ4n) is 2.57. The van der Waals surface area contributed by atoms with Gasteiger partial charge in [0.15, 0.2) is 6.29 Å². The summed E-state index contributed by atoms with van der Waals surface area (Å²) in [5.41, 5.74) is 1.63. The molecule has 1 aromatic carbocycles. The average Bonchev–Trinajstić information content (AvgIpc) is 2.96. The Morgan fingerprint density at radius 3 is 2.46 bits per heavy atom. The van der Waals surface area contributed by atoms with Crippen LogP contribution >= 0.6 is 0 Å². The maximum Gasteiger partial charge on any atom is 0.313 e. The summed E-state index contributed by atoms with van der Waals surface area (Å²) >= 11 is 0. The lowest BCUT2D eigenvalue weighted by Crippen LogP contribution is -2.40. The summed E-state index contributed by atoms with van der Waals surface area (Å²) in [6.45, 7) is 2.20. The van der Waals surface area contributed by atoms with Crippen LogP contribution in [0.5, 0.6) is 0 Å². The molecule has 1 saturated heterocycles. The van der Waals surface area contributed by atoms with Crippen molar-refractivity contribution in [3.8, 4) is 0 Å². The highest BCUT2D eigenvalue weighted by Crippen LogP contribution is 2.27. The number of anilines is 2. The normalized spacial score (nSPS) is 15.9. The third-order valence-electron chi connectivity index (χ3n) is 4.01. The van der Waals surface area contributed by atoms with Gasteiger partial charge in [-0.3, -0.25) is 13.9 Å². The fourth-order valence-corrected chi connectivity index (χ4v) is 4.13. The van der Waals surface area contributed by atoms with E-state index < -0.39 is 28.1 Å². The van der Waals surface area contributed by atoms with E-state index in [2.05, 4.69) is 10.6 Å². The first-order valence-corrected chi connectivity index (χ1v) is 9.65. The summed E-state index contributed by atoms with van der Waals surface area (Å²) in [4.78, 5) is 23.8. The number of hydrogen-bond donors (Lipinski definition) is 2. The molecule has 2 rings (SSSR count). The molecule has 0 saturated carbocycles. The Bertz CT molecular complexity index is 776. The van der Waals surface area contributed by atoms with Gasteiger partial charge in [-0.25, -0.2) is 8.42 Å². The van der Waals surface area contributed by atoms with E-state index in [-0.39, 0.29) is 12.3 Å². The monoisotopic (exact) mass is 385 g/mol. The van der Waals surface area contributed by atoms with E-state index in [1.807, 2.05) is 0 Å². The number of ether oxygens (including phenoxy) is 2. The minimum atomic E-state index is -3.27. The van der Waals surface area contributed by atoms with Crippen LogP contribution in [0.3, 0.4) is 0 Å². The average molecular weight is 385 g/mol. The first-order valence-electron chi connectivity index (χ1n) is 8.04. The van der Waals surface area contributed by atoms with Crippen LogP contribution < -0.4 is 14.9 Å². The van der Waals surface area contributed by atoms with Gasteiger partial charge in [0.2, 0.25) is 10.0 Å². The number of carbonyl (C=O) groups excluding carboxylic acids is 2. The van der Waals surface area contributed by atoms with Crippen LogP contribution in [0.1, 0.15) is 12.0 Å². The third-order valence-corrected chi connectivity index (χ3v) is 5.88. The second-order valence-electron chi connectivity index (χ2n) is 5.81. The zero-order valence-corrected chi connectivity index (χ0v) is 15.8. The zero-order chi connectivity index (χ0) is 19.3. The minimum Gasteiger partial charge on any atom is -0.354 e. The van der Waals surface area contributed by atoms with Gasteiger partial charge in [0.05, 0.1) is 18.0 Å². The molecule has 0 aromatic heterocycles. The van der Waals surface area contributed by atoms with Crippen LogP contribution in [0, 0.1) is 6.92 Å². The van der Waals surface area contributed by atoms with Crippen molar-refractivity contribution in [2.75, 3.05) is 42.7 Å². The molecule has 1 aromatic rings. The van der Waals surface area contributed by atoms with E-state index in [0.717, 1.165) is 0 Å². The summed E-state index contributed by atoms with van der Waals surface area (Å²) in [7, 11) is -0.424. The number of hydrogen-bond acceptors (Lipinski definition) is 6. The lowest BCUT2D eigenvalue weighted by Gasteiger charge is -2.18. The Morgan fingerprint density at radius 1 is 1.23 bits per heavy atom. The Labute approximate surface area is 152 Å². The zero-order valence-electron chi connectivity index (χ0n) is 14.9. The highest BCUT2D eigenvalue weighted by molar-refractivity contribution is 7.93. The minimum absolute atomic E-state index is 0.0317. The van der Waals surface area contributed by atoms with Gasteiger partial charge in [0, 0.05) is 26.5 Å². The van der Waals surface area contributed by atoms with Crippen LogP contribution in [0.2, 0.25) is 0 Å². The molecule has 9 nitrogen and oxygen atoms in total. The molecule has 144 valence electrons. The third kappa shape index (κ3) is 4.71. The van der Waals surface area contributed by atoms with Crippen LogP contribution in [-0.4, -0.2) is 59.6 Å². The lowest BCUT2D eigenvalue weighted by molar-refractivity contribution is -0.139. The predicted octanol–water partition coefficient (Wildman–Crippen LogP) is 0.209. The summed E-state index contributed by atoms with van der Waals surface area (Å²) in [6, 6.07) is 4.86. The van der Waals surface area contributed by atoms with E-state index in [0.29, 0.717) is 29.9 Å². The molecule has 1 aliphatic heterocycles. The number of amides is 2. The van der Waals surface area contributed by atoms with Gasteiger partial charge in [-0.05, 0) is 37.1 Å². The Hall–Kier alpha value is -2.17. The topological polar surface area (TPSA) is 114 Å². The van der Waals surface area contributed by atoms with Crippen molar-refractivity contribution < 1.29 is 27.5 Å². The van der Waals surface area contributed by atoms with Gasteiger partial charge in [-0.15, -0.1) is 0 Å². The standard InChI is InChI=1S/C16H23N3O6S/c1-11-9-12(19-7-4-8-26(19,22)23)5-6-13(11)18-16(21)15(20)17-10-14(24-2)25-3/h5-6,9,14H,4,7-8,10H2,1-3H3,(H,17,20)(H,18,21). The first-order chi connectivity index (χ1) is 12.3. The van der Waals surface area contributed by atoms with Crippen molar-refractivity contribution in [3.05, 3.63) is 23.8 Å². The van der Waals surface area contributed by atoms with Crippen LogP contribution in [0.25, 0.3) is 0 Å². The maximum atomic E-state index is 12.0. The molecular weight excluding hydrogens is 362 g/mol. The van der Waals surface area contributed by atoms with E-state index in [4.69, 9.17) is 9.47 Å². The summed E-state index contributed by atoms with van der Waals surface area (Å²) < 4.78 is 35.2. The maximum absolute atomic E-state index is 12.0. The second kappa shape index (κ2) is 8.47. The first kappa shape index (κ1) is 20.1. The van der Waals surface area contributed by atoms with Crippen LogP contribution in [0.15, 0.2) is 18.2 Å². The molecule has 26 heavy (non-hydrogen) atoms. The molecule has 0 aliphatic carbocycles. The largest absolute Gasteiger partial charge is 0.354 e. The van der Waals surface area contributed by atoms with Crippen molar-refractivity contribution in [2.24, 2.45) is 0 Å². The van der Waals surface area contributed by atoms with E-state index >= 15 is 0 Å². The number of aryl methyl sites for hydroxylation is 1. The van der Waals surface area contributed by atoms with Crippen LogP contribution in [0.4, 0.5) is 11.4 Å². The Balaban J connectivity index is 2.01. The highest BCUT2D eigenvalue weighted by atomic mass is 32.2. The molecule has 0 bridgehead atoms. The molecular formula is C16H23N3O6S. The van der Waals surface area contributed by atoms with E-state index in [1.165, 1.54) is 18.5 Å². The second-order valence-corrected chi connectivity index (χ2v) is 7.82. The number of rotatable bonds is 6. The molecule has 0 atom stereocenters. The Morgan fingerprint density at radius 2 is 1.92 bits per heavy atom. The number of methoxy groups -OCH3 is 2. The number of sulfonamides is 1. The number of nitrogens with zero attached hydrogens (tertiary/aromatic N) is 1. The van der Waals surface area contributed by atoms with Gasteiger partial charge in [-0.1, -0.05) is 0 Å². The van der Waals surface area contributed by atoms with Crippen molar-refractivity contribution >= 4 is 33.2 Å². The molecule has 0 unspecified atom stereocenters. The molecule has 1 aliphatic rings. The van der Waals surface area contributed by atoms with Crippen molar-refractivity contribution in [3.63, 3.8) is 0 Å². The summed E-state index contributed by atoms with van der Waals surface area (Å²) in [6.07, 6.45) is -0.0561. The van der Waals surface area contributed by atoms with Crippen molar-refractivity contribution in [1.82, 2.24) is 5.32 Å². The van der Waals surface area contributed by atoms with Gasteiger partial charge < -0.3 is 20.1 Å². The molecule has 0 spiro atoms. The smallest absolute Gasteiger partial charge is 0.313 e. The van der Waals surface area contributed by atoms with Crippen molar-refractivity contribution in [2.45, 2.75) is 19.6 Å². The molecule has 1 heterocycles. The number of carbonyl (C=O) groups is 2. The number of nitrogens with one attached hydrogen (secondary N) is 2. The van der Waals surface area contributed by atoms with Crippen molar-refractivity contribution in [1.29, 1.82) is 0 Å². The Kier molecular flexibility index (Phi) is 6.57. The fraction of sp³-hybridized carbons (Fsp3) is 0.500. The molecule has 1 fully saturated rings. The summed E-state index contributed by atoms with van der Waals surface area (Å²) in [5.74, 6) is -1.52. The summed E-state index contributed by atoms with van der Waals surface area (Å²) in [5, 5.41) is 4.91. The van der Waals surface area contributed by atoms with Gasteiger partial charge in [0.1, 0.15) is 0 Å². The lowest BCUT2D eigenvalue weighted by atomic mass is 10.1. The number of benzene rings is 1. The van der Waals surface area contributed by atoms with E-state index in [1.54, 1.807) is 25.1 Å². The quantitative estimate of drug-likeness (QED) is 0.534. The SMILES string of the molecule is COC(CNC(=O)C(=O)Nc1ccc(N2CCCS2(=O)=O)cc1C)OC. The predicted molar refractivity (Wildman–Crippen MR) is 96.4 cm³/mol. The molecule has 2 amide bonds. The highest BCUT2D eigenvalue weighted by Gasteiger charge is 2.28. The van der Waals surface area contributed by atoms with E-state index in [9.17, 15) is 18.0 Å². The van der Waals surface area contributed by atoms with Gasteiger partial charge >= 0.3 is 11.8 Å². The van der Waals surface area contributed by atoms with Gasteiger partial charge in [-0.2, -0.15) is 0 Å².